The number of sulfonamides is 1. The number of carbonyl (C=O) groups excluding carboxylic acids is 1. The number of halogens is 2. The lowest BCUT2D eigenvalue weighted by Crippen LogP contribution is -2.45. The van der Waals surface area contributed by atoms with Crippen LogP contribution in [0.1, 0.15) is 39.2 Å². The van der Waals surface area contributed by atoms with Crippen molar-refractivity contribution in [1.29, 1.82) is 0 Å². The van der Waals surface area contributed by atoms with Gasteiger partial charge >= 0.3 is 6.09 Å². The van der Waals surface area contributed by atoms with Crippen LogP contribution in [0.15, 0.2) is 18.2 Å². The minimum Gasteiger partial charge on any atom is -0.444 e. The zero-order valence-corrected chi connectivity index (χ0v) is 18.1. The van der Waals surface area contributed by atoms with Crippen molar-refractivity contribution in [3.05, 3.63) is 33.8 Å². The molecule has 1 aliphatic rings. The maximum Gasteiger partial charge on any atom is 0.410 e. The van der Waals surface area contributed by atoms with E-state index in [0.717, 1.165) is 12.8 Å². The molecule has 0 aromatic heterocycles. The number of ether oxygens (including phenoxy) is 1. The third-order valence-corrected chi connectivity index (χ3v) is 6.16. The van der Waals surface area contributed by atoms with Crippen molar-refractivity contribution in [2.24, 2.45) is 5.92 Å². The summed E-state index contributed by atoms with van der Waals surface area (Å²) in [5.74, 6) is -0.123. The van der Waals surface area contributed by atoms with Crippen molar-refractivity contribution in [3.8, 4) is 0 Å². The van der Waals surface area contributed by atoms with Crippen molar-refractivity contribution < 1.29 is 17.9 Å². The highest BCUT2D eigenvalue weighted by Crippen LogP contribution is 2.24. The first-order valence-electron chi connectivity index (χ1n) is 8.84. The van der Waals surface area contributed by atoms with E-state index in [1.54, 1.807) is 23.1 Å². The first kappa shape index (κ1) is 22.3. The molecule has 0 saturated carbocycles. The summed E-state index contributed by atoms with van der Waals surface area (Å²) in [6, 6.07) is 4.76. The summed E-state index contributed by atoms with van der Waals surface area (Å²) in [6.07, 6.45) is 1.32. The maximum absolute atomic E-state index is 12.3. The Kier molecular flexibility index (Phi) is 7.41. The molecule has 1 heterocycles. The summed E-state index contributed by atoms with van der Waals surface area (Å²) in [6.45, 7) is 6.85. The molecule has 27 heavy (non-hydrogen) atoms. The van der Waals surface area contributed by atoms with Gasteiger partial charge in [0.2, 0.25) is 10.0 Å². The number of hydrogen-bond donors (Lipinski definition) is 1. The molecule has 0 radical (unpaired) electrons. The fourth-order valence-corrected chi connectivity index (χ4v) is 4.40. The molecule has 1 fully saturated rings. The van der Waals surface area contributed by atoms with Crippen LogP contribution < -0.4 is 4.72 Å². The molecule has 1 aliphatic heterocycles. The lowest BCUT2D eigenvalue weighted by atomic mass is 9.99. The molecular weight excluding hydrogens is 411 g/mol. The zero-order valence-electron chi connectivity index (χ0n) is 15.8. The molecule has 9 heteroatoms. The summed E-state index contributed by atoms with van der Waals surface area (Å²) in [4.78, 5) is 13.8. The van der Waals surface area contributed by atoms with Crippen LogP contribution in [0.4, 0.5) is 4.79 Å². The van der Waals surface area contributed by atoms with E-state index in [2.05, 4.69) is 4.72 Å². The number of rotatable bonds is 5. The summed E-state index contributed by atoms with van der Waals surface area (Å²) < 4.78 is 32.7. The lowest BCUT2D eigenvalue weighted by molar-refractivity contribution is 0.0169. The van der Waals surface area contributed by atoms with E-state index in [9.17, 15) is 13.2 Å². The molecule has 1 atom stereocenters. The van der Waals surface area contributed by atoms with Crippen molar-refractivity contribution >= 4 is 39.3 Å². The van der Waals surface area contributed by atoms with Crippen molar-refractivity contribution in [2.75, 3.05) is 19.6 Å². The summed E-state index contributed by atoms with van der Waals surface area (Å²) in [7, 11) is -3.52. The Balaban J connectivity index is 1.88. The number of benzene rings is 1. The minimum absolute atomic E-state index is 0.0508. The molecule has 1 aromatic rings. The Bertz CT molecular complexity index is 778. The lowest BCUT2D eigenvalue weighted by Gasteiger charge is -2.34. The van der Waals surface area contributed by atoms with Crippen LogP contribution in [-0.4, -0.2) is 44.6 Å². The second-order valence-corrected chi connectivity index (χ2v) is 10.4. The predicted octanol–water partition coefficient (Wildman–Crippen LogP) is 4.06. The second kappa shape index (κ2) is 8.99. The van der Waals surface area contributed by atoms with Gasteiger partial charge in [-0.3, -0.25) is 0 Å². The minimum atomic E-state index is -3.52. The average molecular weight is 437 g/mol. The topological polar surface area (TPSA) is 75.7 Å². The first-order chi connectivity index (χ1) is 12.5. The Labute approximate surface area is 171 Å². The van der Waals surface area contributed by atoms with Crippen LogP contribution in [-0.2, 0) is 20.5 Å². The largest absolute Gasteiger partial charge is 0.444 e. The number of nitrogens with zero attached hydrogens (tertiary/aromatic N) is 1. The Morgan fingerprint density at radius 3 is 2.63 bits per heavy atom. The first-order valence-corrected chi connectivity index (χ1v) is 11.3. The fourth-order valence-electron chi connectivity index (χ4n) is 2.87. The Hall–Kier alpha value is -1.02. The van der Waals surface area contributed by atoms with Gasteiger partial charge in [0, 0.05) is 19.6 Å². The van der Waals surface area contributed by atoms with Crippen molar-refractivity contribution in [3.63, 3.8) is 0 Å². The number of hydrogen-bond acceptors (Lipinski definition) is 4. The summed E-state index contributed by atoms with van der Waals surface area (Å²) in [5, 5.41) is 0.708. The molecule has 0 bridgehead atoms. The van der Waals surface area contributed by atoms with Gasteiger partial charge < -0.3 is 9.64 Å². The van der Waals surface area contributed by atoms with Crippen molar-refractivity contribution in [1.82, 2.24) is 9.62 Å². The van der Waals surface area contributed by atoms with Gasteiger partial charge in [0.15, 0.2) is 0 Å². The van der Waals surface area contributed by atoms with Gasteiger partial charge in [-0.15, -0.1) is 0 Å². The molecule has 0 unspecified atom stereocenters. The molecule has 152 valence electrons. The number of amides is 1. The van der Waals surface area contributed by atoms with Crippen LogP contribution >= 0.6 is 23.2 Å². The van der Waals surface area contributed by atoms with Gasteiger partial charge in [-0.25, -0.2) is 17.9 Å². The SMILES string of the molecule is CC(C)(C)OC(=O)N1CCC[C@H](CNS(=O)(=O)Cc2ccc(Cl)c(Cl)c2)C1. The monoisotopic (exact) mass is 436 g/mol. The fraction of sp³-hybridized carbons (Fsp3) is 0.611. The zero-order chi connectivity index (χ0) is 20.2. The van der Waals surface area contributed by atoms with Crippen LogP contribution in [0.25, 0.3) is 0 Å². The van der Waals surface area contributed by atoms with Crippen molar-refractivity contribution in [2.45, 2.75) is 45.0 Å². The van der Waals surface area contributed by atoms with E-state index in [1.165, 1.54) is 0 Å². The molecule has 1 aromatic carbocycles. The third-order valence-electron chi connectivity index (χ3n) is 4.10. The molecular formula is C18H26Cl2N2O4S. The molecule has 6 nitrogen and oxygen atoms in total. The Morgan fingerprint density at radius 1 is 1.30 bits per heavy atom. The summed E-state index contributed by atoms with van der Waals surface area (Å²) >= 11 is 11.8. The summed E-state index contributed by atoms with van der Waals surface area (Å²) in [5.41, 5.74) is 0.0155. The van der Waals surface area contributed by atoms with Crippen LogP contribution in [0, 0.1) is 5.92 Å². The van der Waals surface area contributed by atoms with E-state index >= 15 is 0 Å². The standard InChI is InChI=1S/C18H26Cl2N2O4S/c1-18(2,3)26-17(23)22-8-4-5-14(11-22)10-21-27(24,25)12-13-6-7-15(19)16(20)9-13/h6-7,9,14,21H,4-5,8,10-12H2,1-3H3/t14-/m1/s1. The molecule has 0 spiro atoms. The number of carbonyl (C=O) groups is 1. The third kappa shape index (κ3) is 7.49. The van der Waals surface area contributed by atoms with Gasteiger partial charge in [0.1, 0.15) is 5.60 Å². The van der Waals surface area contributed by atoms with Gasteiger partial charge in [0.25, 0.3) is 0 Å². The highest BCUT2D eigenvalue weighted by Gasteiger charge is 2.28. The van der Waals surface area contributed by atoms with E-state index in [0.29, 0.717) is 28.7 Å². The highest BCUT2D eigenvalue weighted by molar-refractivity contribution is 7.88. The van der Waals surface area contributed by atoms with Gasteiger partial charge in [0.05, 0.1) is 15.8 Å². The highest BCUT2D eigenvalue weighted by atomic mass is 35.5. The second-order valence-electron chi connectivity index (χ2n) is 7.79. The Morgan fingerprint density at radius 2 is 2.00 bits per heavy atom. The van der Waals surface area contributed by atoms with E-state index in [4.69, 9.17) is 27.9 Å². The van der Waals surface area contributed by atoms with Gasteiger partial charge in [-0.05, 0) is 57.2 Å². The average Bonchev–Trinajstić information content (AvgIpc) is 2.55. The predicted molar refractivity (Wildman–Crippen MR) is 108 cm³/mol. The molecule has 0 aliphatic carbocycles. The number of likely N-dealkylation sites (tertiary alicyclic amines) is 1. The quantitative estimate of drug-likeness (QED) is 0.754. The van der Waals surface area contributed by atoms with E-state index in [-0.39, 0.29) is 24.3 Å². The molecule has 1 N–H and O–H groups in total. The van der Waals surface area contributed by atoms with Crippen LogP contribution in [0.5, 0.6) is 0 Å². The van der Waals surface area contributed by atoms with Gasteiger partial charge in [-0.2, -0.15) is 0 Å². The van der Waals surface area contributed by atoms with Crippen LogP contribution in [0.3, 0.4) is 0 Å². The smallest absolute Gasteiger partial charge is 0.410 e. The number of nitrogens with one attached hydrogen (secondary N) is 1. The van der Waals surface area contributed by atoms with E-state index in [1.807, 2.05) is 20.8 Å². The van der Waals surface area contributed by atoms with E-state index < -0.39 is 15.6 Å². The number of piperidine rings is 1. The molecule has 2 rings (SSSR count). The normalized spacial score (nSPS) is 18.4. The molecule has 1 amide bonds. The maximum atomic E-state index is 12.3. The van der Waals surface area contributed by atoms with Gasteiger partial charge in [-0.1, -0.05) is 29.3 Å². The van der Waals surface area contributed by atoms with Crippen LogP contribution in [0.2, 0.25) is 10.0 Å². The molecule has 1 saturated heterocycles.